The van der Waals surface area contributed by atoms with Crippen molar-refractivity contribution in [2.75, 3.05) is 13.1 Å². The minimum Gasteiger partial charge on any atom is -0.352 e. The highest BCUT2D eigenvalue weighted by molar-refractivity contribution is 5.76. The highest BCUT2D eigenvalue weighted by Gasteiger charge is 2.15. The van der Waals surface area contributed by atoms with E-state index >= 15 is 0 Å². The molecule has 2 N–H and O–H groups in total. The van der Waals surface area contributed by atoms with Crippen LogP contribution in [0, 0.1) is 12.3 Å². The van der Waals surface area contributed by atoms with Crippen molar-refractivity contribution in [2.45, 2.75) is 25.3 Å². The van der Waals surface area contributed by atoms with Gasteiger partial charge in [0.1, 0.15) is 0 Å². The molecule has 1 atom stereocenters. The first-order valence-electron chi connectivity index (χ1n) is 4.26. The van der Waals surface area contributed by atoms with Gasteiger partial charge in [0.15, 0.2) is 0 Å². The highest BCUT2D eigenvalue weighted by Crippen LogP contribution is 1.97. The Hall–Kier alpha value is -1.01. The fourth-order valence-electron chi connectivity index (χ4n) is 1.26. The lowest BCUT2D eigenvalue weighted by atomic mass is 10.2. The molecule has 1 aliphatic heterocycles. The Morgan fingerprint density at radius 2 is 2.58 bits per heavy atom. The zero-order valence-corrected chi connectivity index (χ0v) is 7.10. The van der Waals surface area contributed by atoms with E-state index in [1.54, 1.807) is 0 Å². The van der Waals surface area contributed by atoms with Crippen molar-refractivity contribution >= 4 is 5.91 Å². The van der Waals surface area contributed by atoms with Gasteiger partial charge in [-0.2, -0.15) is 0 Å². The predicted molar refractivity (Wildman–Crippen MR) is 47.5 cm³/mol. The minimum absolute atomic E-state index is 0.0710. The first kappa shape index (κ1) is 9.08. The average molecular weight is 166 g/mol. The molecule has 0 aromatic rings. The smallest absolute Gasteiger partial charge is 0.221 e. The van der Waals surface area contributed by atoms with Crippen LogP contribution in [0.4, 0.5) is 0 Å². The van der Waals surface area contributed by atoms with Gasteiger partial charge in [-0.3, -0.25) is 4.79 Å². The first-order chi connectivity index (χ1) is 5.83. The number of amides is 1. The quantitative estimate of drug-likeness (QED) is 0.574. The fraction of sp³-hybridized carbons (Fsp3) is 0.667. The van der Waals surface area contributed by atoms with Gasteiger partial charge in [0.05, 0.1) is 0 Å². The molecule has 1 rings (SSSR count). The van der Waals surface area contributed by atoms with Crippen molar-refractivity contribution in [3.8, 4) is 12.3 Å². The number of hydrogen-bond acceptors (Lipinski definition) is 2. The summed E-state index contributed by atoms with van der Waals surface area (Å²) in [5, 5.41) is 6.10. The van der Waals surface area contributed by atoms with Crippen LogP contribution in [-0.2, 0) is 4.79 Å². The zero-order valence-electron chi connectivity index (χ0n) is 7.10. The van der Waals surface area contributed by atoms with Crippen LogP contribution in [0.1, 0.15) is 19.3 Å². The first-order valence-corrected chi connectivity index (χ1v) is 4.26. The molecule has 0 spiro atoms. The number of rotatable bonds is 3. The topological polar surface area (TPSA) is 41.1 Å². The Morgan fingerprint density at radius 1 is 1.75 bits per heavy atom. The lowest BCUT2D eigenvalue weighted by Crippen LogP contribution is -2.35. The molecule has 0 aromatic heterocycles. The summed E-state index contributed by atoms with van der Waals surface area (Å²) >= 11 is 0. The molecule has 0 aliphatic carbocycles. The van der Waals surface area contributed by atoms with Crippen LogP contribution in [0.25, 0.3) is 0 Å². The molecule has 0 saturated carbocycles. The van der Waals surface area contributed by atoms with Gasteiger partial charge in [-0.05, 0) is 13.0 Å². The molecule has 1 saturated heterocycles. The van der Waals surface area contributed by atoms with E-state index < -0.39 is 0 Å². The normalized spacial score (nSPS) is 21.8. The van der Waals surface area contributed by atoms with Crippen LogP contribution in [0.2, 0.25) is 0 Å². The van der Waals surface area contributed by atoms with Gasteiger partial charge >= 0.3 is 0 Å². The van der Waals surface area contributed by atoms with Gasteiger partial charge in [-0.15, -0.1) is 12.3 Å². The lowest BCUT2D eigenvalue weighted by molar-refractivity contribution is -0.121. The van der Waals surface area contributed by atoms with Crippen LogP contribution >= 0.6 is 0 Å². The maximum atomic E-state index is 11.1. The Labute approximate surface area is 72.9 Å². The van der Waals surface area contributed by atoms with Crippen molar-refractivity contribution in [3.63, 3.8) is 0 Å². The predicted octanol–water partition coefficient (Wildman–Crippen LogP) is -0.122. The van der Waals surface area contributed by atoms with Crippen LogP contribution in [0.3, 0.4) is 0 Å². The van der Waals surface area contributed by atoms with Crippen LogP contribution in [-0.4, -0.2) is 25.0 Å². The number of carbonyl (C=O) groups is 1. The van der Waals surface area contributed by atoms with E-state index in [1.807, 2.05) is 0 Å². The van der Waals surface area contributed by atoms with E-state index in [1.165, 1.54) is 0 Å². The van der Waals surface area contributed by atoms with Gasteiger partial charge < -0.3 is 10.6 Å². The highest BCUT2D eigenvalue weighted by atomic mass is 16.1. The monoisotopic (exact) mass is 166 g/mol. The van der Waals surface area contributed by atoms with Crippen molar-refractivity contribution in [3.05, 3.63) is 0 Å². The summed E-state index contributed by atoms with van der Waals surface area (Å²) in [7, 11) is 0. The van der Waals surface area contributed by atoms with E-state index in [0.29, 0.717) is 18.9 Å². The average Bonchev–Trinajstić information content (AvgIpc) is 2.53. The third-order valence-electron chi connectivity index (χ3n) is 1.92. The van der Waals surface area contributed by atoms with E-state index in [4.69, 9.17) is 6.42 Å². The summed E-state index contributed by atoms with van der Waals surface area (Å²) in [6.45, 7) is 1.89. The summed E-state index contributed by atoms with van der Waals surface area (Å²) in [5.41, 5.74) is 0. The van der Waals surface area contributed by atoms with Crippen molar-refractivity contribution < 1.29 is 4.79 Å². The molecular formula is C9H14N2O. The van der Waals surface area contributed by atoms with Gasteiger partial charge in [0.2, 0.25) is 5.91 Å². The summed E-state index contributed by atoms with van der Waals surface area (Å²) in [5.74, 6) is 2.52. The molecule has 1 unspecified atom stereocenters. The van der Waals surface area contributed by atoms with Crippen LogP contribution in [0.15, 0.2) is 0 Å². The molecule has 3 nitrogen and oxygen atoms in total. The molecule has 12 heavy (non-hydrogen) atoms. The molecule has 1 heterocycles. The molecule has 1 amide bonds. The van der Waals surface area contributed by atoms with E-state index in [0.717, 1.165) is 19.5 Å². The molecule has 0 aromatic carbocycles. The SMILES string of the molecule is C#CCCC(=O)NC1CCNC1. The Bertz CT molecular complexity index is 189. The fourth-order valence-corrected chi connectivity index (χ4v) is 1.26. The molecule has 1 fully saturated rings. The summed E-state index contributed by atoms with van der Waals surface area (Å²) in [6, 6.07) is 0.315. The maximum absolute atomic E-state index is 11.1. The van der Waals surface area contributed by atoms with E-state index in [9.17, 15) is 4.79 Å². The third kappa shape index (κ3) is 2.93. The Balaban J connectivity index is 2.13. The van der Waals surface area contributed by atoms with Gasteiger partial charge in [-0.1, -0.05) is 0 Å². The second kappa shape index (κ2) is 4.78. The molecule has 3 heteroatoms. The summed E-state index contributed by atoms with van der Waals surface area (Å²) < 4.78 is 0. The molecule has 0 radical (unpaired) electrons. The molecule has 1 aliphatic rings. The number of nitrogens with one attached hydrogen (secondary N) is 2. The van der Waals surface area contributed by atoms with E-state index in [-0.39, 0.29) is 5.91 Å². The Kier molecular flexibility index (Phi) is 3.62. The number of terminal acetylenes is 1. The zero-order chi connectivity index (χ0) is 8.81. The maximum Gasteiger partial charge on any atom is 0.221 e. The standard InChI is InChI=1S/C9H14N2O/c1-2-3-4-9(12)11-8-5-6-10-7-8/h1,8,10H,3-7H2,(H,11,12). The van der Waals surface area contributed by atoms with Gasteiger partial charge in [-0.25, -0.2) is 0 Å². The van der Waals surface area contributed by atoms with Crippen LogP contribution in [0.5, 0.6) is 0 Å². The van der Waals surface area contributed by atoms with Crippen molar-refractivity contribution in [1.29, 1.82) is 0 Å². The second-order valence-electron chi connectivity index (χ2n) is 2.96. The van der Waals surface area contributed by atoms with Crippen molar-refractivity contribution in [2.24, 2.45) is 0 Å². The second-order valence-corrected chi connectivity index (χ2v) is 2.96. The Morgan fingerprint density at radius 3 is 3.17 bits per heavy atom. The lowest BCUT2D eigenvalue weighted by Gasteiger charge is -2.09. The van der Waals surface area contributed by atoms with Crippen LogP contribution < -0.4 is 10.6 Å². The van der Waals surface area contributed by atoms with Gasteiger partial charge in [0, 0.05) is 25.4 Å². The third-order valence-corrected chi connectivity index (χ3v) is 1.92. The largest absolute Gasteiger partial charge is 0.352 e. The van der Waals surface area contributed by atoms with Gasteiger partial charge in [0.25, 0.3) is 0 Å². The summed E-state index contributed by atoms with van der Waals surface area (Å²) in [6.07, 6.45) is 7.06. The van der Waals surface area contributed by atoms with E-state index in [2.05, 4.69) is 16.6 Å². The number of hydrogen-bond donors (Lipinski definition) is 2. The molecule has 0 bridgehead atoms. The molecule has 66 valence electrons. The van der Waals surface area contributed by atoms with Crippen molar-refractivity contribution in [1.82, 2.24) is 10.6 Å². The number of carbonyl (C=O) groups excluding carboxylic acids is 1. The molecular weight excluding hydrogens is 152 g/mol. The summed E-state index contributed by atoms with van der Waals surface area (Å²) in [4.78, 5) is 11.1. The minimum atomic E-state index is 0.0710.